The molecule has 0 N–H and O–H groups in total. The van der Waals surface area contributed by atoms with Crippen LogP contribution in [0.4, 0.5) is 0 Å². The second kappa shape index (κ2) is 5.91. The predicted molar refractivity (Wildman–Crippen MR) is 54.4 cm³/mol. The fourth-order valence-electron chi connectivity index (χ4n) is 1.41. The topological polar surface area (TPSA) is 9.23 Å². The van der Waals surface area contributed by atoms with E-state index in [-0.39, 0.29) is 0 Å². The number of rotatable bonds is 4. The summed E-state index contributed by atoms with van der Waals surface area (Å²) in [5, 5.41) is 0. The molecule has 1 aliphatic carbocycles. The molecule has 0 aliphatic heterocycles. The van der Waals surface area contributed by atoms with Gasteiger partial charge in [-0.3, -0.25) is 0 Å². The molecule has 0 saturated heterocycles. The summed E-state index contributed by atoms with van der Waals surface area (Å²) in [6.45, 7) is 4.55. The Morgan fingerprint density at radius 3 is 2.58 bits per heavy atom. The molecule has 0 amide bonds. The van der Waals surface area contributed by atoms with Gasteiger partial charge < -0.3 is 0 Å². The molecule has 2 heteroatoms. The van der Waals surface area contributed by atoms with E-state index in [2.05, 4.69) is 19.9 Å². The van der Waals surface area contributed by atoms with Crippen molar-refractivity contribution in [1.29, 1.82) is 0 Å². The number of hydrogen-bond donors (Lipinski definition) is 0. The van der Waals surface area contributed by atoms with Crippen molar-refractivity contribution in [2.45, 2.75) is 48.3 Å². The van der Waals surface area contributed by atoms with Gasteiger partial charge in [-0.1, -0.05) is 0 Å². The molecule has 0 radical (unpaired) electrons. The van der Waals surface area contributed by atoms with Gasteiger partial charge in [-0.15, -0.1) is 0 Å². The summed E-state index contributed by atoms with van der Waals surface area (Å²) in [7, 11) is 0. The predicted octanol–water partition coefficient (Wildman–Crippen LogP) is 3.49. The van der Waals surface area contributed by atoms with E-state index < -0.39 is 20.6 Å². The molecule has 0 saturated carbocycles. The van der Waals surface area contributed by atoms with Crippen LogP contribution in [-0.2, 0) is 3.02 Å². The van der Waals surface area contributed by atoms with Crippen molar-refractivity contribution < 1.29 is 3.02 Å². The van der Waals surface area contributed by atoms with Crippen molar-refractivity contribution in [1.82, 2.24) is 0 Å². The van der Waals surface area contributed by atoms with Gasteiger partial charge >= 0.3 is 83.7 Å². The second-order valence-electron chi connectivity index (χ2n) is 3.12. The zero-order chi connectivity index (χ0) is 8.81. The summed E-state index contributed by atoms with van der Waals surface area (Å²) in [6.07, 6.45) is 7.47. The first-order valence-electron chi connectivity index (χ1n) is 4.98. The van der Waals surface area contributed by atoms with E-state index in [9.17, 15) is 0 Å². The molecule has 0 unspecified atom stereocenters. The molecule has 0 bridgehead atoms. The second-order valence-corrected chi connectivity index (χ2v) is 10.0. The molecule has 1 nitrogen and oxygen atoms in total. The molecule has 1 rings (SSSR count). The molecule has 0 spiro atoms. The maximum atomic E-state index is 6.03. The van der Waals surface area contributed by atoms with Crippen molar-refractivity contribution in [2.24, 2.45) is 0 Å². The van der Waals surface area contributed by atoms with Gasteiger partial charge in [-0.25, -0.2) is 0 Å². The molecule has 0 aromatic rings. The normalized spacial score (nSPS) is 17.8. The third kappa shape index (κ3) is 3.39. The minimum absolute atomic E-state index is 1.21. The maximum absolute atomic E-state index is 6.03. The van der Waals surface area contributed by atoms with Crippen molar-refractivity contribution >= 4 is 20.6 Å². The van der Waals surface area contributed by atoms with E-state index in [0.717, 1.165) is 0 Å². The Kier molecular flexibility index (Phi) is 5.14. The van der Waals surface area contributed by atoms with Gasteiger partial charge in [-0.2, -0.15) is 0 Å². The Morgan fingerprint density at radius 2 is 2.08 bits per heavy atom. The van der Waals surface area contributed by atoms with Crippen molar-refractivity contribution in [3.63, 3.8) is 0 Å². The minimum atomic E-state index is -1.25. The van der Waals surface area contributed by atoms with E-state index in [1.54, 1.807) is 0 Å². The zero-order valence-corrected chi connectivity index (χ0v) is 10.7. The van der Waals surface area contributed by atoms with Crippen LogP contribution in [0.1, 0.15) is 39.5 Å². The molecule has 0 heterocycles. The van der Waals surface area contributed by atoms with Gasteiger partial charge in [0.05, 0.1) is 0 Å². The first-order chi connectivity index (χ1) is 5.86. The van der Waals surface area contributed by atoms with Gasteiger partial charge in [0.15, 0.2) is 0 Å². The molecule has 0 aromatic carbocycles. The van der Waals surface area contributed by atoms with Crippen LogP contribution in [0.3, 0.4) is 0 Å². The van der Waals surface area contributed by atoms with Gasteiger partial charge in [0.1, 0.15) is 0 Å². The summed E-state index contributed by atoms with van der Waals surface area (Å²) in [6, 6.07) is 0. The average Bonchev–Trinajstić information content (AvgIpc) is 2.16. The van der Waals surface area contributed by atoms with Crippen LogP contribution < -0.4 is 0 Å². The third-order valence-electron chi connectivity index (χ3n) is 2.20. The van der Waals surface area contributed by atoms with Crippen LogP contribution in [0.15, 0.2) is 11.8 Å². The van der Waals surface area contributed by atoms with Gasteiger partial charge in [-0.05, 0) is 0 Å². The molecule has 1 aliphatic rings. The van der Waals surface area contributed by atoms with E-state index >= 15 is 0 Å². The third-order valence-corrected chi connectivity index (χ3v) is 7.63. The van der Waals surface area contributed by atoms with Crippen LogP contribution in [0, 0.1) is 0 Å². The van der Waals surface area contributed by atoms with E-state index in [1.165, 1.54) is 40.2 Å². The van der Waals surface area contributed by atoms with Crippen molar-refractivity contribution in [2.75, 3.05) is 0 Å². The molecular weight excluding hydrogens is 258 g/mol. The van der Waals surface area contributed by atoms with Gasteiger partial charge in [0.2, 0.25) is 0 Å². The first kappa shape index (κ1) is 10.4. The van der Waals surface area contributed by atoms with Gasteiger partial charge in [0, 0.05) is 0 Å². The molecule has 0 atom stereocenters. The summed E-state index contributed by atoms with van der Waals surface area (Å²) in [5.41, 5.74) is 0. The van der Waals surface area contributed by atoms with Crippen LogP contribution in [0.25, 0.3) is 0 Å². The monoisotopic (exact) mass is 276 g/mol. The van der Waals surface area contributed by atoms with Crippen LogP contribution in [-0.4, -0.2) is 20.6 Å². The first-order valence-corrected chi connectivity index (χ1v) is 9.64. The van der Waals surface area contributed by atoms with Crippen molar-refractivity contribution in [3.8, 4) is 0 Å². The Bertz CT molecular complexity index is 150. The van der Waals surface area contributed by atoms with Crippen LogP contribution in [0.2, 0.25) is 8.73 Å². The van der Waals surface area contributed by atoms with Crippen molar-refractivity contribution in [3.05, 3.63) is 11.8 Å². The Balaban J connectivity index is 2.32. The standard InChI is InChI=1S/C6H10O.2C2H5.Sb/c7-6-4-2-1-3-5-6;2*1-2;/h4,7H,1-3,5H2;2*1H2,2H3;/q;;;+1/p-1. The molecule has 70 valence electrons. The Morgan fingerprint density at radius 1 is 1.33 bits per heavy atom. The number of allylic oxidation sites excluding steroid dienone is 2. The number of hydrogen-bond acceptors (Lipinski definition) is 1. The molecule has 0 aromatic heterocycles. The van der Waals surface area contributed by atoms with E-state index in [4.69, 9.17) is 3.02 Å². The average molecular weight is 277 g/mol. The Labute approximate surface area is 83.7 Å². The van der Waals surface area contributed by atoms with Gasteiger partial charge in [0.25, 0.3) is 0 Å². The summed E-state index contributed by atoms with van der Waals surface area (Å²) >= 11 is -1.25. The Hall–Kier alpha value is 0.358. The fraction of sp³-hybridized carbons (Fsp3) is 0.800. The zero-order valence-electron chi connectivity index (χ0n) is 8.18. The molecule has 12 heavy (non-hydrogen) atoms. The summed E-state index contributed by atoms with van der Waals surface area (Å²) in [5.74, 6) is 1.33. The van der Waals surface area contributed by atoms with E-state index in [0.29, 0.717) is 0 Å². The van der Waals surface area contributed by atoms with E-state index in [1.807, 2.05) is 0 Å². The quantitative estimate of drug-likeness (QED) is 0.715. The van der Waals surface area contributed by atoms with Crippen LogP contribution >= 0.6 is 0 Å². The molecular formula is C10H19OSb. The molecule has 0 fully saturated rings. The fourth-order valence-corrected chi connectivity index (χ4v) is 4.84. The SMILES string of the molecule is C[CH2][Sb]([CH2]C)[O]C1=CCCCC1. The van der Waals surface area contributed by atoms with Crippen LogP contribution in [0.5, 0.6) is 0 Å². The summed E-state index contributed by atoms with van der Waals surface area (Å²) < 4.78 is 8.67. The summed E-state index contributed by atoms with van der Waals surface area (Å²) in [4.78, 5) is 0.